The first kappa shape index (κ1) is 12.7. The third-order valence-electron chi connectivity index (χ3n) is 2.67. The molecule has 18 heavy (non-hydrogen) atoms. The van der Waals surface area contributed by atoms with Gasteiger partial charge < -0.3 is 10.1 Å². The first-order valence-electron chi connectivity index (χ1n) is 6.03. The van der Waals surface area contributed by atoms with Crippen LogP contribution in [0.3, 0.4) is 0 Å². The van der Waals surface area contributed by atoms with Crippen molar-refractivity contribution < 1.29 is 4.74 Å². The number of ether oxygens (including phenoxy) is 1. The van der Waals surface area contributed by atoms with E-state index >= 15 is 0 Å². The fourth-order valence-corrected chi connectivity index (χ4v) is 1.75. The number of aromatic nitrogens is 3. The molecule has 0 aliphatic rings. The number of nitrogens with zero attached hydrogens (tertiary/aromatic N) is 3. The van der Waals surface area contributed by atoms with Crippen molar-refractivity contribution in [3.63, 3.8) is 0 Å². The quantitative estimate of drug-likeness (QED) is 0.839. The second kappa shape index (κ2) is 6.28. The summed E-state index contributed by atoms with van der Waals surface area (Å²) in [6.07, 6.45) is 1.78. The molecule has 0 spiro atoms. The Morgan fingerprint density at radius 1 is 1.28 bits per heavy atom. The average molecular weight is 246 g/mol. The molecule has 0 saturated heterocycles. The normalized spacial score (nSPS) is 10.8. The zero-order valence-corrected chi connectivity index (χ0v) is 10.8. The van der Waals surface area contributed by atoms with Gasteiger partial charge in [0.15, 0.2) is 0 Å². The van der Waals surface area contributed by atoms with E-state index in [0.29, 0.717) is 6.61 Å². The van der Waals surface area contributed by atoms with E-state index in [9.17, 15) is 0 Å². The Labute approximate surface area is 107 Å². The standard InChI is InChI=1S/C13H18N4O/c1-3-14-8-13-9-15-16-17(13)12-6-4-11(5-7-12)10-18-2/h4-7,9,14H,3,8,10H2,1-2H3. The summed E-state index contributed by atoms with van der Waals surface area (Å²) < 4.78 is 6.94. The lowest BCUT2D eigenvalue weighted by molar-refractivity contribution is 0.185. The average Bonchev–Trinajstić information content (AvgIpc) is 2.86. The van der Waals surface area contributed by atoms with Gasteiger partial charge in [-0.05, 0) is 24.2 Å². The van der Waals surface area contributed by atoms with Gasteiger partial charge in [0.1, 0.15) is 0 Å². The second-order valence-electron chi connectivity index (χ2n) is 4.02. The molecule has 0 fully saturated rings. The lowest BCUT2D eigenvalue weighted by atomic mass is 10.2. The van der Waals surface area contributed by atoms with Crippen LogP contribution >= 0.6 is 0 Å². The van der Waals surface area contributed by atoms with Crippen molar-refractivity contribution in [2.45, 2.75) is 20.1 Å². The fourth-order valence-electron chi connectivity index (χ4n) is 1.75. The Bertz CT molecular complexity index is 478. The molecule has 1 heterocycles. The molecule has 96 valence electrons. The summed E-state index contributed by atoms with van der Waals surface area (Å²) in [7, 11) is 1.69. The molecule has 0 unspecified atom stereocenters. The minimum absolute atomic E-state index is 0.627. The van der Waals surface area contributed by atoms with Crippen LogP contribution in [0.5, 0.6) is 0 Å². The van der Waals surface area contributed by atoms with E-state index in [0.717, 1.165) is 30.0 Å². The third-order valence-corrected chi connectivity index (χ3v) is 2.67. The van der Waals surface area contributed by atoms with Crippen LogP contribution < -0.4 is 5.32 Å². The molecule has 2 rings (SSSR count). The molecule has 1 aromatic carbocycles. The topological polar surface area (TPSA) is 52.0 Å². The maximum atomic E-state index is 5.09. The van der Waals surface area contributed by atoms with E-state index in [4.69, 9.17) is 4.74 Å². The number of hydrogen-bond donors (Lipinski definition) is 1. The number of rotatable bonds is 6. The molecule has 0 aliphatic carbocycles. The van der Waals surface area contributed by atoms with E-state index in [-0.39, 0.29) is 0 Å². The van der Waals surface area contributed by atoms with Gasteiger partial charge in [0.25, 0.3) is 0 Å². The molecular formula is C13H18N4O. The maximum Gasteiger partial charge on any atom is 0.0783 e. The Morgan fingerprint density at radius 2 is 2.06 bits per heavy atom. The van der Waals surface area contributed by atoms with Gasteiger partial charge in [0.05, 0.1) is 24.2 Å². The van der Waals surface area contributed by atoms with Crippen LogP contribution in [0.25, 0.3) is 5.69 Å². The molecule has 1 aromatic heterocycles. The van der Waals surface area contributed by atoms with Gasteiger partial charge >= 0.3 is 0 Å². The number of benzene rings is 1. The van der Waals surface area contributed by atoms with Gasteiger partial charge in [-0.15, -0.1) is 5.10 Å². The zero-order valence-electron chi connectivity index (χ0n) is 10.8. The molecule has 0 saturated carbocycles. The van der Waals surface area contributed by atoms with Crippen molar-refractivity contribution in [2.75, 3.05) is 13.7 Å². The zero-order chi connectivity index (χ0) is 12.8. The van der Waals surface area contributed by atoms with Crippen LogP contribution in [0, 0.1) is 0 Å². The summed E-state index contributed by atoms with van der Waals surface area (Å²) in [5.41, 5.74) is 3.21. The molecule has 5 nitrogen and oxygen atoms in total. The highest BCUT2D eigenvalue weighted by Crippen LogP contribution is 2.11. The summed E-state index contributed by atoms with van der Waals surface area (Å²) in [6, 6.07) is 8.13. The number of nitrogens with one attached hydrogen (secondary N) is 1. The molecule has 0 amide bonds. The van der Waals surface area contributed by atoms with Gasteiger partial charge in [-0.25, -0.2) is 4.68 Å². The van der Waals surface area contributed by atoms with Gasteiger partial charge in [-0.1, -0.05) is 24.3 Å². The third kappa shape index (κ3) is 2.94. The number of methoxy groups -OCH3 is 1. The van der Waals surface area contributed by atoms with Crippen LogP contribution in [0.15, 0.2) is 30.5 Å². The molecule has 0 atom stereocenters. The van der Waals surface area contributed by atoms with Crippen molar-refractivity contribution in [1.82, 2.24) is 20.3 Å². The van der Waals surface area contributed by atoms with Crippen molar-refractivity contribution in [1.29, 1.82) is 0 Å². The summed E-state index contributed by atoms with van der Waals surface area (Å²) >= 11 is 0. The first-order chi connectivity index (χ1) is 8.85. The van der Waals surface area contributed by atoms with E-state index in [2.05, 4.69) is 22.6 Å². The van der Waals surface area contributed by atoms with E-state index in [1.165, 1.54) is 0 Å². The van der Waals surface area contributed by atoms with Crippen molar-refractivity contribution in [3.8, 4) is 5.69 Å². The van der Waals surface area contributed by atoms with Crippen LogP contribution in [0.1, 0.15) is 18.2 Å². The largest absolute Gasteiger partial charge is 0.380 e. The maximum absolute atomic E-state index is 5.09. The van der Waals surface area contributed by atoms with Gasteiger partial charge in [0.2, 0.25) is 0 Å². The van der Waals surface area contributed by atoms with Gasteiger partial charge in [0, 0.05) is 13.7 Å². The second-order valence-corrected chi connectivity index (χ2v) is 4.02. The van der Waals surface area contributed by atoms with E-state index < -0.39 is 0 Å². The fraction of sp³-hybridized carbons (Fsp3) is 0.385. The Kier molecular flexibility index (Phi) is 4.44. The lowest BCUT2D eigenvalue weighted by Crippen LogP contribution is -2.15. The molecule has 5 heteroatoms. The Morgan fingerprint density at radius 3 is 2.72 bits per heavy atom. The first-order valence-corrected chi connectivity index (χ1v) is 6.03. The SMILES string of the molecule is CCNCc1cnnn1-c1ccc(COC)cc1. The molecule has 0 aliphatic heterocycles. The Balaban J connectivity index is 2.17. The molecule has 0 bridgehead atoms. The van der Waals surface area contributed by atoms with Crippen LogP contribution in [0.4, 0.5) is 0 Å². The number of hydrogen-bond acceptors (Lipinski definition) is 4. The summed E-state index contributed by atoms with van der Waals surface area (Å²) in [5.74, 6) is 0. The van der Waals surface area contributed by atoms with Gasteiger partial charge in [-0.3, -0.25) is 0 Å². The van der Waals surface area contributed by atoms with Crippen LogP contribution in [-0.2, 0) is 17.9 Å². The minimum atomic E-state index is 0.627. The highest BCUT2D eigenvalue weighted by atomic mass is 16.5. The molecule has 0 radical (unpaired) electrons. The van der Waals surface area contributed by atoms with Crippen LogP contribution in [0.2, 0.25) is 0 Å². The lowest BCUT2D eigenvalue weighted by Gasteiger charge is -2.07. The molecular weight excluding hydrogens is 228 g/mol. The van der Waals surface area contributed by atoms with Crippen molar-refractivity contribution in [3.05, 3.63) is 41.7 Å². The van der Waals surface area contributed by atoms with E-state index in [1.54, 1.807) is 13.3 Å². The molecule has 2 aromatic rings. The minimum Gasteiger partial charge on any atom is -0.380 e. The monoisotopic (exact) mass is 246 g/mol. The highest BCUT2D eigenvalue weighted by Gasteiger charge is 2.05. The molecule has 1 N–H and O–H groups in total. The predicted octanol–water partition coefficient (Wildman–Crippen LogP) is 1.52. The van der Waals surface area contributed by atoms with Crippen molar-refractivity contribution >= 4 is 0 Å². The summed E-state index contributed by atoms with van der Waals surface area (Å²) in [5, 5.41) is 11.3. The smallest absolute Gasteiger partial charge is 0.0783 e. The summed E-state index contributed by atoms with van der Waals surface area (Å²) in [6.45, 7) is 4.40. The van der Waals surface area contributed by atoms with Crippen LogP contribution in [-0.4, -0.2) is 28.6 Å². The highest BCUT2D eigenvalue weighted by molar-refractivity contribution is 5.34. The summed E-state index contributed by atoms with van der Waals surface area (Å²) in [4.78, 5) is 0. The van der Waals surface area contributed by atoms with E-state index in [1.807, 2.05) is 28.9 Å². The predicted molar refractivity (Wildman–Crippen MR) is 69.5 cm³/mol. The van der Waals surface area contributed by atoms with Crippen molar-refractivity contribution in [2.24, 2.45) is 0 Å². The Hall–Kier alpha value is -1.72. The van der Waals surface area contributed by atoms with Gasteiger partial charge in [-0.2, -0.15) is 0 Å².